The fourth-order valence-electron chi connectivity index (χ4n) is 2.68. The van der Waals surface area contributed by atoms with Gasteiger partial charge in [-0.1, -0.05) is 0 Å². The molecule has 4 heterocycles. The van der Waals surface area contributed by atoms with Crippen LogP contribution in [-0.4, -0.2) is 57.6 Å². The van der Waals surface area contributed by atoms with Crippen LogP contribution in [-0.2, 0) is 11.8 Å². The topological polar surface area (TPSA) is 119 Å². The van der Waals surface area contributed by atoms with Crippen LogP contribution in [0.3, 0.4) is 0 Å². The van der Waals surface area contributed by atoms with Crippen LogP contribution in [0.5, 0.6) is 5.88 Å². The second-order valence-corrected chi connectivity index (χ2v) is 8.08. The number of aliphatic hydroxyl groups is 1. The molecule has 0 unspecified atom stereocenters. The number of thiazole rings is 2. The van der Waals surface area contributed by atoms with Crippen LogP contribution in [0.2, 0.25) is 0 Å². The number of anilines is 1. The van der Waals surface area contributed by atoms with Crippen LogP contribution < -0.4 is 15.4 Å². The number of guanidine groups is 1. The summed E-state index contributed by atoms with van der Waals surface area (Å²) in [6.07, 6.45) is 2.25. The van der Waals surface area contributed by atoms with E-state index in [2.05, 4.69) is 25.7 Å². The summed E-state index contributed by atoms with van der Waals surface area (Å²) < 4.78 is 11.9. The van der Waals surface area contributed by atoms with Gasteiger partial charge in [-0.05, 0) is 6.42 Å². The number of nitrogens with zero attached hydrogens (tertiary/aromatic N) is 5. The Morgan fingerprint density at radius 2 is 2.17 bits per heavy atom. The molecule has 0 fully saturated rings. The molecule has 0 amide bonds. The minimum atomic E-state index is -0.0245. The van der Waals surface area contributed by atoms with Crippen molar-refractivity contribution in [2.75, 3.05) is 32.1 Å². The van der Waals surface area contributed by atoms with Crippen LogP contribution in [0.25, 0.3) is 22.1 Å². The summed E-state index contributed by atoms with van der Waals surface area (Å²) in [7, 11) is 3.30. The lowest BCUT2D eigenvalue weighted by molar-refractivity contribution is 0.177. The Morgan fingerprint density at radius 3 is 2.97 bits per heavy atom. The molecule has 1 aliphatic rings. The van der Waals surface area contributed by atoms with E-state index in [1.807, 2.05) is 17.8 Å². The van der Waals surface area contributed by atoms with Crippen LogP contribution >= 0.6 is 22.7 Å². The standard InChI is InChI=1S/C18H21N7O3S2/c1-25-14(6-15(24-25)28-8-11(26)7-27-2)16-21-12(9-29-16)13-10-30-18(22-13)23-17-19-4-3-5-20-17/h6,8-10,26H,3-5,7H2,1-2H3,(H2,19,20,22,23)/b11-8-. The van der Waals surface area contributed by atoms with Crippen LogP contribution in [0.4, 0.5) is 5.13 Å². The predicted octanol–water partition coefficient (Wildman–Crippen LogP) is 2.85. The van der Waals surface area contributed by atoms with E-state index >= 15 is 0 Å². The first-order valence-corrected chi connectivity index (χ1v) is 10.9. The van der Waals surface area contributed by atoms with Gasteiger partial charge in [-0.3, -0.25) is 9.67 Å². The quantitative estimate of drug-likeness (QED) is 0.473. The highest BCUT2D eigenvalue weighted by Gasteiger charge is 2.15. The molecule has 30 heavy (non-hydrogen) atoms. The second-order valence-electron chi connectivity index (χ2n) is 6.36. The van der Waals surface area contributed by atoms with E-state index in [9.17, 15) is 5.11 Å². The van der Waals surface area contributed by atoms with Crippen molar-refractivity contribution in [1.29, 1.82) is 0 Å². The molecule has 10 nitrogen and oxygen atoms in total. The Bertz CT molecular complexity index is 1070. The molecule has 4 rings (SSSR count). The lowest BCUT2D eigenvalue weighted by atomic mass is 10.4. The number of aliphatic imine (C=N–C) groups is 1. The fraction of sp³-hybridized carbons (Fsp3) is 0.333. The summed E-state index contributed by atoms with van der Waals surface area (Å²) >= 11 is 3.01. The Kier molecular flexibility index (Phi) is 6.26. The molecule has 0 atom stereocenters. The molecule has 158 valence electrons. The van der Waals surface area contributed by atoms with Gasteiger partial charge >= 0.3 is 0 Å². The van der Waals surface area contributed by atoms with E-state index in [1.165, 1.54) is 36.0 Å². The minimum absolute atomic E-state index is 0.0245. The van der Waals surface area contributed by atoms with Crippen LogP contribution in [0.15, 0.2) is 33.8 Å². The third-order valence-corrected chi connectivity index (χ3v) is 5.70. The van der Waals surface area contributed by atoms with Gasteiger partial charge < -0.3 is 25.2 Å². The molecule has 0 spiro atoms. The van der Waals surface area contributed by atoms with E-state index in [-0.39, 0.29) is 12.4 Å². The maximum Gasteiger partial charge on any atom is 0.238 e. The number of ether oxygens (including phenoxy) is 2. The summed E-state index contributed by atoms with van der Waals surface area (Å²) in [5.74, 6) is 1.09. The fourth-order valence-corrected chi connectivity index (χ4v) is 4.25. The van der Waals surface area contributed by atoms with E-state index in [0.29, 0.717) is 5.88 Å². The number of aliphatic hydroxyl groups excluding tert-OH is 1. The van der Waals surface area contributed by atoms with Gasteiger partial charge in [0.25, 0.3) is 0 Å². The number of aryl methyl sites for hydroxylation is 1. The number of methoxy groups -OCH3 is 1. The van der Waals surface area contributed by atoms with Crippen molar-refractivity contribution in [3.63, 3.8) is 0 Å². The van der Waals surface area contributed by atoms with Crippen molar-refractivity contribution in [3.05, 3.63) is 28.8 Å². The first-order chi connectivity index (χ1) is 14.6. The molecular weight excluding hydrogens is 426 g/mol. The van der Waals surface area contributed by atoms with E-state index in [1.54, 1.807) is 10.7 Å². The Morgan fingerprint density at radius 1 is 1.33 bits per heavy atom. The van der Waals surface area contributed by atoms with Crippen LogP contribution in [0.1, 0.15) is 6.42 Å². The van der Waals surface area contributed by atoms with Crippen molar-refractivity contribution in [2.45, 2.75) is 6.42 Å². The molecule has 0 aromatic carbocycles. The van der Waals surface area contributed by atoms with E-state index in [4.69, 9.17) is 14.5 Å². The Hall–Kier alpha value is -2.96. The zero-order chi connectivity index (χ0) is 20.9. The number of nitrogens with one attached hydrogen (secondary N) is 2. The van der Waals surface area contributed by atoms with Crippen LogP contribution in [0, 0.1) is 0 Å². The molecule has 3 N–H and O–H groups in total. The summed E-state index contributed by atoms with van der Waals surface area (Å²) in [6, 6.07) is 1.76. The summed E-state index contributed by atoms with van der Waals surface area (Å²) in [6.45, 7) is 1.81. The third-order valence-electron chi connectivity index (χ3n) is 4.08. The summed E-state index contributed by atoms with van der Waals surface area (Å²) in [5.41, 5.74) is 2.39. The first kappa shape index (κ1) is 20.3. The molecule has 0 radical (unpaired) electrons. The Labute approximate surface area is 180 Å². The van der Waals surface area contributed by atoms with Crippen molar-refractivity contribution >= 4 is 33.8 Å². The summed E-state index contributed by atoms with van der Waals surface area (Å²) in [4.78, 5) is 13.7. The van der Waals surface area contributed by atoms with Gasteiger partial charge in [-0.2, -0.15) is 0 Å². The van der Waals surface area contributed by atoms with Gasteiger partial charge in [0.15, 0.2) is 16.9 Å². The molecule has 0 saturated heterocycles. The second kappa shape index (κ2) is 9.24. The molecule has 0 saturated carbocycles. The van der Waals surface area contributed by atoms with Gasteiger partial charge in [0.2, 0.25) is 5.88 Å². The maximum atomic E-state index is 9.58. The van der Waals surface area contributed by atoms with E-state index < -0.39 is 0 Å². The van der Waals surface area contributed by atoms with Gasteiger partial charge in [0, 0.05) is 44.1 Å². The molecule has 0 bridgehead atoms. The van der Waals surface area contributed by atoms with Crippen molar-refractivity contribution in [1.82, 2.24) is 25.1 Å². The van der Waals surface area contributed by atoms with Crippen molar-refractivity contribution in [3.8, 4) is 28.0 Å². The van der Waals surface area contributed by atoms with E-state index in [0.717, 1.165) is 52.7 Å². The average Bonchev–Trinajstić information content (AvgIpc) is 3.47. The zero-order valence-corrected chi connectivity index (χ0v) is 18.1. The van der Waals surface area contributed by atoms with Gasteiger partial charge in [0.1, 0.15) is 35.0 Å². The molecular formula is C18H21N7O3S2. The van der Waals surface area contributed by atoms with Crippen molar-refractivity contribution in [2.24, 2.45) is 12.0 Å². The van der Waals surface area contributed by atoms with Gasteiger partial charge in [-0.25, -0.2) is 9.97 Å². The van der Waals surface area contributed by atoms with Gasteiger partial charge in [-0.15, -0.1) is 27.8 Å². The highest BCUT2D eigenvalue weighted by atomic mass is 32.1. The predicted molar refractivity (Wildman–Crippen MR) is 117 cm³/mol. The largest absolute Gasteiger partial charge is 0.507 e. The zero-order valence-electron chi connectivity index (χ0n) is 16.5. The molecule has 3 aromatic heterocycles. The Balaban J connectivity index is 1.47. The highest BCUT2D eigenvalue weighted by molar-refractivity contribution is 7.14. The lowest BCUT2D eigenvalue weighted by Crippen LogP contribution is -2.35. The smallest absolute Gasteiger partial charge is 0.238 e. The van der Waals surface area contributed by atoms with Gasteiger partial charge in [0.05, 0.1) is 0 Å². The van der Waals surface area contributed by atoms with Crippen molar-refractivity contribution < 1.29 is 14.6 Å². The number of hydrogen-bond donors (Lipinski definition) is 3. The lowest BCUT2D eigenvalue weighted by Gasteiger charge is -2.13. The molecule has 3 aromatic rings. The number of hydrogen-bond acceptors (Lipinski definition) is 11. The molecule has 12 heteroatoms. The normalized spacial score (nSPS) is 14.3. The number of rotatable bonds is 7. The first-order valence-electron chi connectivity index (χ1n) is 9.17. The third kappa shape index (κ3) is 4.78. The monoisotopic (exact) mass is 447 g/mol. The maximum absolute atomic E-state index is 9.58. The molecule has 0 aliphatic carbocycles. The molecule has 1 aliphatic heterocycles. The average molecular weight is 448 g/mol. The number of aromatic nitrogens is 4. The minimum Gasteiger partial charge on any atom is -0.507 e. The highest BCUT2D eigenvalue weighted by Crippen LogP contribution is 2.32. The summed E-state index contributed by atoms with van der Waals surface area (Å²) in [5, 5.41) is 25.8. The SMILES string of the molecule is COC/C(O)=C/Oc1cc(-c2nc(-c3csc(NC4=NCCCN4)n3)cs2)n(C)n1.